The number of hydrogen-bond acceptors (Lipinski definition) is 6. The predicted molar refractivity (Wildman–Crippen MR) is 83.8 cm³/mol. The number of esters is 1. The van der Waals surface area contributed by atoms with E-state index in [1.165, 1.54) is 6.33 Å². The molecule has 0 radical (unpaired) electrons. The van der Waals surface area contributed by atoms with Gasteiger partial charge in [-0.05, 0) is 45.0 Å². The van der Waals surface area contributed by atoms with Crippen LogP contribution in [0, 0.1) is 13.8 Å². The number of carbonyl (C=O) groups excluding carboxylic acids is 1. The number of aromatic nitrogens is 2. The Bertz CT molecular complexity index is 853. The maximum Gasteiger partial charge on any atom is 0.338 e. The third kappa shape index (κ3) is 2.88. The van der Waals surface area contributed by atoms with E-state index in [0.717, 1.165) is 16.7 Å². The minimum absolute atomic E-state index is 0.342. The fourth-order valence-corrected chi connectivity index (χ4v) is 2.21. The number of nitrogens with zero attached hydrogens (tertiary/aromatic N) is 2. The average molecular weight is 312 g/mol. The van der Waals surface area contributed by atoms with Crippen LogP contribution in [0.5, 0.6) is 11.6 Å². The van der Waals surface area contributed by atoms with Crippen LogP contribution in [0.4, 0.5) is 0 Å². The Morgan fingerprint density at radius 3 is 2.61 bits per heavy atom. The lowest BCUT2D eigenvalue weighted by Gasteiger charge is -2.06. The van der Waals surface area contributed by atoms with E-state index in [2.05, 4.69) is 9.97 Å². The molecule has 23 heavy (non-hydrogen) atoms. The van der Waals surface area contributed by atoms with Gasteiger partial charge in [0.1, 0.15) is 23.2 Å². The fourth-order valence-electron chi connectivity index (χ4n) is 2.21. The van der Waals surface area contributed by atoms with Crippen LogP contribution >= 0.6 is 0 Å². The van der Waals surface area contributed by atoms with Crippen LogP contribution in [-0.2, 0) is 4.74 Å². The molecule has 2 aromatic heterocycles. The number of benzene rings is 1. The molecular weight excluding hydrogens is 296 g/mol. The second kappa shape index (κ2) is 6.08. The summed E-state index contributed by atoms with van der Waals surface area (Å²) in [7, 11) is 0. The smallest absolute Gasteiger partial charge is 0.338 e. The predicted octanol–water partition coefficient (Wildman–Crippen LogP) is 3.81. The molecule has 118 valence electrons. The number of hydrogen-bond donors (Lipinski definition) is 0. The van der Waals surface area contributed by atoms with Gasteiger partial charge in [0.15, 0.2) is 0 Å². The molecule has 0 amide bonds. The number of aryl methyl sites for hydroxylation is 2. The van der Waals surface area contributed by atoms with E-state index in [1.54, 1.807) is 31.2 Å². The van der Waals surface area contributed by atoms with Gasteiger partial charge in [-0.25, -0.2) is 14.8 Å². The van der Waals surface area contributed by atoms with Crippen LogP contribution < -0.4 is 4.74 Å². The molecule has 1 aromatic carbocycles. The molecule has 0 aliphatic rings. The summed E-state index contributed by atoms with van der Waals surface area (Å²) in [6, 6.07) is 6.70. The summed E-state index contributed by atoms with van der Waals surface area (Å²) < 4.78 is 16.3. The van der Waals surface area contributed by atoms with Gasteiger partial charge in [-0.15, -0.1) is 0 Å². The maximum absolute atomic E-state index is 11.6. The highest BCUT2D eigenvalue weighted by Crippen LogP contribution is 2.32. The zero-order valence-electron chi connectivity index (χ0n) is 13.1. The van der Waals surface area contributed by atoms with Gasteiger partial charge in [0.2, 0.25) is 11.6 Å². The summed E-state index contributed by atoms with van der Waals surface area (Å²) in [6.07, 6.45) is 1.40. The molecule has 0 aliphatic carbocycles. The lowest BCUT2D eigenvalue weighted by atomic mass is 10.2. The normalized spacial score (nSPS) is 10.7. The lowest BCUT2D eigenvalue weighted by Crippen LogP contribution is -2.04. The fraction of sp³-hybridized carbons (Fsp3) is 0.235. The molecule has 0 saturated carbocycles. The van der Waals surface area contributed by atoms with E-state index in [9.17, 15) is 4.79 Å². The second-order valence-corrected chi connectivity index (χ2v) is 4.99. The van der Waals surface area contributed by atoms with Crippen LogP contribution in [0.2, 0.25) is 0 Å². The Labute approximate surface area is 133 Å². The van der Waals surface area contributed by atoms with Gasteiger partial charge in [-0.1, -0.05) is 0 Å². The second-order valence-electron chi connectivity index (χ2n) is 4.99. The van der Waals surface area contributed by atoms with Crippen molar-refractivity contribution in [2.24, 2.45) is 0 Å². The molecule has 0 aliphatic heterocycles. The Morgan fingerprint density at radius 1 is 1.17 bits per heavy atom. The Hall–Kier alpha value is -2.89. The molecule has 2 heterocycles. The lowest BCUT2D eigenvalue weighted by molar-refractivity contribution is 0.0526. The van der Waals surface area contributed by atoms with Crippen LogP contribution in [0.1, 0.15) is 28.6 Å². The van der Waals surface area contributed by atoms with E-state index in [0.29, 0.717) is 29.5 Å². The van der Waals surface area contributed by atoms with Crippen molar-refractivity contribution in [1.29, 1.82) is 0 Å². The van der Waals surface area contributed by atoms with Gasteiger partial charge < -0.3 is 13.9 Å². The first kappa shape index (κ1) is 15.0. The van der Waals surface area contributed by atoms with Gasteiger partial charge in [-0.2, -0.15) is 0 Å². The standard InChI is InChI=1S/C17H16N2O4/c1-4-21-17(20)12-5-7-13(8-6-12)23-16-14-10(2)11(3)22-15(14)18-9-19-16/h5-9H,4H2,1-3H3. The Balaban J connectivity index is 1.89. The van der Waals surface area contributed by atoms with Gasteiger partial charge >= 0.3 is 5.97 Å². The summed E-state index contributed by atoms with van der Waals surface area (Å²) in [5.74, 6) is 1.41. The Kier molecular flexibility index (Phi) is 3.97. The SMILES string of the molecule is CCOC(=O)c1ccc(Oc2ncnc3oc(C)c(C)c23)cc1. The van der Waals surface area contributed by atoms with Crippen LogP contribution in [-0.4, -0.2) is 22.5 Å². The van der Waals surface area contributed by atoms with Crippen molar-refractivity contribution in [3.8, 4) is 11.6 Å². The van der Waals surface area contributed by atoms with Crippen LogP contribution in [0.3, 0.4) is 0 Å². The first-order valence-electron chi connectivity index (χ1n) is 7.26. The van der Waals surface area contributed by atoms with Crippen molar-refractivity contribution < 1.29 is 18.7 Å². The van der Waals surface area contributed by atoms with Gasteiger partial charge in [-0.3, -0.25) is 0 Å². The van der Waals surface area contributed by atoms with Gasteiger partial charge in [0.25, 0.3) is 0 Å². The molecule has 0 bridgehead atoms. The number of rotatable bonds is 4. The summed E-state index contributed by atoms with van der Waals surface area (Å²) >= 11 is 0. The van der Waals surface area contributed by atoms with Crippen molar-refractivity contribution in [2.75, 3.05) is 6.61 Å². The monoisotopic (exact) mass is 312 g/mol. The zero-order chi connectivity index (χ0) is 16.4. The molecule has 0 N–H and O–H groups in total. The number of carbonyl (C=O) groups is 1. The van der Waals surface area contributed by atoms with Crippen LogP contribution in [0.15, 0.2) is 35.0 Å². The third-order valence-corrected chi connectivity index (χ3v) is 3.51. The Morgan fingerprint density at radius 2 is 1.91 bits per heavy atom. The van der Waals surface area contributed by atoms with Crippen molar-refractivity contribution >= 4 is 17.1 Å². The molecule has 0 saturated heterocycles. The molecule has 0 atom stereocenters. The molecular formula is C17H16N2O4. The summed E-state index contributed by atoms with van der Waals surface area (Å²) in [5.41, 5.74) is 1.91. The maximum atomic E-state index is 11.6. The first-order chi connectivity index (χ1) is 11.1. The molecule has 0 spiro atoms. The molecule has 3 rings (SSSR count). The highest BCUT2D eigenvalue weighted by Gasteiger charge is 2.15. The molecule has 6 heteroatoms. The molecule has 3 aromatic rings. The summed E-state index contributed by atoms with van der Waals surface area (Å²) in [6.45, 7) is 5.91. The van der Waals surface area contributed by atoms with Gasteiger partial charge in [0, 0.05) is 5.56 Å². The van der Waals surface area contributed by atoms with E-state index in [1.807, 2.05) is 13.8 Å². The molecule has 0 unspecified atom stereocenters. The van der Waals surface area contributed by atoms with Crippen molar-refractivity contribution in [2.45, 2.75) is 20.8 Å². The summed E-state index contributed by atoms with van der Waals surface area (Å²) in [5, 5.41) is 0.750. The summed E-state index contributed by atoms with van der Waals surface area (Å²) in [4.78, 5) is 19.9. The topological polar surface area (TPSA) is 74.5 Å². The van der Waals surface area contributed by atoms with Crippen molar-refractivity contribution in [3.63, 3.8) is 0 Å². The minimum atomic E-state index is -0.357. The number of fused-ring (bicyclic) bond motifs is 1. The largest absolute Gasteiger partial charge is 0.462 e. The quantitative estimate of drug-likeness (QED) is 0.682. The number of ether oxygens (including phenoxy) is 2. The molecule has 6 nitrogen and oxygen atoms in total. The highest BCUT2D eigenvalue weighted by molar-refractivity contribution is 5.89. The number of furan rings is 1. The van der Waals surface area contributed by atoms with E-state index in [-0.39, 0.29) is 5.97 Å². The van der Waals surface area contributed by atoms with Crippen molar-refractivity contribution in [3.05, 3.63) is 47.5 Å². The zero-order valence-corrected chi connectivity index (χ0v) is 13.1. The molecule has 0 fully saturated rings. The highest BCUT2D eigenvalue weighted by atomic mass is 16.5. The van der Waals surface area contributed by atoms with Crippen molar-refractivity contribution in [1.82, 2.24) is 9.97 Å². The first-order valence-corrected chi connectivity index (χ1v) is 7.26. The van der Waals surface area contributed by atoms with E-state index < -0.39 is 0 Å². The van der Waals surface area contributed by atoms with E-state index in [4.69, 9.17) is 13.9 Å². The van der Waals surface area contributed by atoms with Crippen LogP contribution in [0.25, 0.3) is 11.1 Å². The average Bonchev–Trinajstić information content (AvgIpc) is 2.84. The minimum Gasteiger partial charge on any atom is -0.462 e. The van der Waals surface area contributed by atoms with Gasteiger partial charge in [0.05, 0.1) is 12.2 Å². The third-order valence-electron chi connectivity index (χ3n) is 3.51. The van der Waals surface area contributed by atoms with E-state index >= 15 is 0 Å².